The first-order valence-corrected chi connectivity index (χ1v) is 4.68. The fourth-order valence-corrected chi connectivity index (χ4v) is 1.40. The van der Waals surface area contributed by atoms with Crippen molar-refractivity contribution in [1.82, 2.24) is 0 Å². The van der Waals surface area contributed by atoms with Gasteiger partial charge in [-0.25, -0.2) is 0 Å². The second kappa shape index (κ2) is 4.88. The van der Waals surface area contributed by atoms with Crippen LogP contribution in [0.1, 0.15) is 18.1 Å². The monoisotopic (exact) mass is 192 g/mol. The van der Waals surface area contributed by atoms with Gasteiger partial charge in [0.1, 0.15) is 0 Å². The Hall–Kier alpha value is -1.01. The van der Waals surface area contributed by atoms with E-state index in [0.717, 1.165) is 10.6 Å². The molecule has 0 fully saturated rings. The van der Waals surface area contributed by atoms with E-state index in [2.05, 4.69) is 13.0 Å². The molecule has 0 nitrogen and oxygen atoms in total. The minimum atomic E-state index is 0.788. The quantitative estimate of drug-likeness (QED) is 0.618. The zero-order valence-corrected chi connectivity index (χ0v) is 8.68. The topological polar surface area (TPSA) is 0 Å². The van der Waals surface area contributed by atoms with Crippen molar-refractivity contribution >= 4 is 16.6 Å². The molecular formula is C12H13Cl. The molecule has 0 heterocycles. The van der Waals surface area contributed by atoms with Crippen molar-refractivity contribution in [2.45, 2.75) is 13.8 Å². The molecular weight excluding hydrogens is 180 g/mol. The van der Waals surface area contributed by atoms with Gasteiger partial charge < -0.3 is 0 Å². The number of rotatable bonds is 2. The van der Waals surface area contributed by atoms with Crippen LogP contribution in [-0.4, -0.2) is 0 Å². The first-order chi connectivity index (χ1) is 6.25. The fraction of sp³-hybridized carbons (Fsp3) is 0.167. The van der Waals surface area contributed by atoms with Crippen LogP contribution in [0.25, 0.3) is 5.03 Å². The number of allylic oxidation sites excluding steroid dienone is 3. The van der Waals surface area contributed by atoms with Crippen LogP contribution in [0.15, 0.2) is 42.5 Å². The molecule has 1 heteroatoms. The van der Waals surface area contributed by atoms with Crippen LogP contribution in [0.3, 0.4) is 0 Å². The van der Waals surface area contributed by atoms with Crippen LogP contribution in [0.5, 0.6) is 0 Å². The summed E-state index contributed by atoms with van der Waals surface area (Å²) in [5.74, 6) is 0. The number of aryl methyl sites for hydroxylation is 1. The van der Waals surface area contributed by atoms with Crippen LogP contribution in [0.2, 0.25) is 0 Å². The number of halogens is 1. The molecule has 0 aromatic heterocycles. The van der Waals surface area contributed by atoms with Gasteiger partial charge in [0.05, 0.1) is 0 Å². The highest BCUT2D eigenvalue weighted by Gasteiger charge is 1.98. The van der Waals surface area contributed by atoms with E-state index in [1.54, 1.807) is 0 Å². The van der Waals surface area contributed by atoms with E-state index in [1.165, 1.54) is 5.56 Å². The van der Waals surface area contributed by atoms with Crippen molar-refractivity contribution in [3.8, 4) is 0 Å². The Morgan fingerprint density at radius 1 is 1.31 bits per heavy atom. The lowest BCUT2D eigenvalue weighted by atomic mass is 10.1. The van der Waals surface area contributed by atoms with Crippen molar-refractivity contribution in [3.63, 3.8) is 0 Å². The Kier molecular flexibility index (Phi) is 3.78. The summed E-state index contributed by atoms with van der Waals surface area (Å²) >= 11 is 6.10. The van der Waals surface area contributed by atoms with Crippen molar-refractivity contribution in [1.29, 1.82) is 0 Å². The summed E-state index contributed by atoms with van der Waals surface area (Å²) in [5, 5.41) is 0.788. The molecule has 0 saturated heterocycles. The first-order valence-electron chi connectivity index (χ1n) is 4.30. The second-order valence-electron chi connectivity index (χ2n) is 2.86. The van der Waals surface area contributed by atoms with Crippen LogP contribution >= 0.6 is 11.6 Å². The van der Waals surface area contributed by atoms with Crippen LogP contribution in [0, 0.1) is 6.92 Å². The summed E-state index contributed by atoms with van der Waals surface area (Å²) in [6.07, 6.45) is 5.80. The lowest BCUT2D eigenvalue weighted by molar-refractivity contribution is 1.44. The summed E-state index contributed by atoms with van der Waals surface area (Å²) < 4.78 is 0. The van der Waals surface area contributed by atoms with E-state index < -0.39 is 0 Å². The molecule has 1 aromatic carbocycles. The summed E-state index contributed by atoms with van der Waals surface area (Å²) in [6.45, 7) is 4.03. The molecule has 0 amide bonds. The zero-order chi connectivity index (χ0) is 9.68. The Morgan fingerprint density at radius 2 is 2.00 bits per heavy atom. The van der Waals surface area contributed by atoms with E-state index in [-0.39, 0.29) is 0 Å². The molecule has 0 N–H and O–H groups in total. The van der Waals surface area contributed by atoms with Gasteiger partial charge in [-0.2, -0.15) is 0 Å². The molecule has 1 aromatic rings. The van der Waals surface area contributed by atoms with Crippen molar-refractivity contribution in [2.75, 3.05) is 0 Å². The Morgan fingerprint density at radius 3 is 2.62 bits per heavy atom. The highest BCUT2D eigenvalue weighted by atomic mass is 35.5. The van der Waals surface area contributed by atoms with E-state index in [9.17, 15) is 0 Å². The third-order valence-corrected chi connectivity index (χ3v) is 2.17. The Labute approximate surface area is 84.5 Å². The molecule has 68 valence electrons. The van der Waals surface area contributed by atoms with E-state index >= 15 is 0 Å². The molecule has 0 radical (unpaired) electrons. The molecule has 0 aliphatic heterocycles. The summed E-state index contributed by atoms with van der Waals surface area (Å²) in [5.41, 5.74) is 2.30. The number of hydrogen-bond donors (Lipinski definition) is 0. The first kappa shape index (κ1) is 10.1. The van der Waals surface area contributed by atoms with Gasteiger partial charge in [0.25, 0.3) is 0 Å². The van der Waals surface area contributed by atoms with Gasteiger partial charge in [0.15, 0.2) is 0 Å². The molecule has 0 bridgehead atoms. The minimum Gasteiger partial charge on any atom is -0.0876 e. The molecule has 0 unspecified atom stereocenters. The van der Waals surface area contributed by atoms with Gasteiger partial charge in [0, 0.05) is 5.03 Å². The Balaban J connectivity index is 3.01. The van der Waals surface area contributed by atoms with Gasteiger partial charge >= 0.3 is 0 Å². The third kappa shape index (κ3) is 2.74. The zero-order valence-electron chi connectivity index (χ0n) is 7.92. The molecule has 13 heavy (non-hydrogen) atoms. The average Bonchev–Trinajstić information content (AvgIpc) is 2.15. The second-order valence-corrected chi connectivity index (χ2v) is 3.26. The van der Waals surface area contributed by atoms with Gasteiger partial charge in [-0.05, 0) is 31.1 Å². The van der Waals surface area contributed by atoms with E-state index in [0.29, 0.717) is 0 Å². The highest BCUT2D eigenvalue weighted by molar-refractivity contribution is 6.49. The molecule has 0 spiro atoms. The minimum absolute atomic E-state index is 0.788. The summed E-state index contributed by atoms with van der Waals surface area (Å²) in [4.78, 5) is 0. The molecule has 0 aliphatic rings. The molecule has 0 saturated carbocycles. The summed E-state index contributed by atoms with van der Waals surface area (Å²) in [7, 11) is 0. The molecule has 0 atom stereocenters. The molecule has 1 rings (SSSR count). The van der Waals surface area contributed by atoms with Crippen LogP contribution < -0.4 is 0 Å². The van der Waals surface area contributed by atoms with E-state index in [4.69, 9.17) is 11.6 Å². The Bertz CT molecular complexity index is 335. The normalized spacial score (nSPS) is 12.4. The predicted molar refractivity (Wildman–Crippen MR) is 59.8 cm³/mol. The lowest BCUT2D eigenvalue weighted by Gasteiger charge is -2.01. The van der Waals surface area contributed by atoms with Gasteiger partial charge in [-0.1, -0.05) is 48.0 Å². The van der Waals surface area contributed by atoms with Crippen molar-refractivity contribution in [2.24, 2.45) is 0 Å². The average molecular weight is 193 g/mol. The lowest BCUT2D eigenvalue weighted by Crippen LogP contribution is -1.81. The number of benzene rings is 1. The number of hydrogen-bond acceptors (Lipinski definition) is 0. The van der Waals surface area contributed by atoms with E-state index in [1.807, 2.05) is 43.4 Å². The van der Waals surface area contributed by atoms with Gasteiger partial charge in [-0.3, -0.25) is 0 Å². The smallest absolute Gasteiger partial charge is 0.0480 e. The molecule has 0 aliphatic carbocycles. The standard InChI is InChI=1S/C12H13Cl/c1-3-4-9-12(13)11-8-6-5-7-10(11)2/h3-9H,1-2H3/b4-3?,12-9+. The maximum Gasteiger partial charge on any atom is 0.0480 e. The van der Waals surface area contributed by atoms with Crippen LogP contribution in [0.4, 0.5) is 0 Å². The maximum atomic E-state index is 6.10. The third-order valence-electron chi connectivity index (χ3n) is 1.84. The van der Waals surface area contributed by atoms with Crippen LogP contribution in [-0.2, 0) is 0 Å². The highest BCUT2D eigenvalue weighted by Crippen LogP contribution is 2.21. The maximum absolute atomic E-state index is 6.10. The SMILES string of the molecule is CC=C/C=C(/Cl)c1ccccc1C. The largest absolute Gasteiger partial charge is 0.0876 e. The predicted octanol–water partition coefficient (Wildman–Crippen LogP) is 4.15. The fourth-order valence-electron chi connectivity index (χ4n) is 1.11. The van der Waals surface area contributed by atoms with Crippen molar-refractivity contribution in [3.05, 3.63) is 53.6 Å². The van der Waals surface area contributed by atoms with Crippen molar-refractivity contribution < 1.29 is 0 Å². The summed E-state index contributed by atoms with van der Waals surface area (Å²) in [6, 6.07) is 8.09. The van der Waals surface area contributed by atoms with Gasteiger partial charge in [0.2, 0.25) is 0 Å². The van der Waals surface area contributed by atoms with Gasteiger partial charge in [-0.15, -0.1) is 0 Å².